The van der Waals surface area contributed by atoms with E-state index >= 15 is 0 Å². The number of nitrogens with zero attached hydrogens (tertiary/aromatic N) is 3. The Morgan fingerprint density at radius 3 is 2.36 bits per heavy atom. The predicted molar refractivity (Wildman–Crippen MR) is 136 cm³/mol. The maximum atomic E-state index is 13.1. The molecule has 0 bridgehead atoms. The smallest absolute Gasteiger partial charge is 0.463 e. The molecule has 2 amide bonds. The molecule has 1 aromatic heterocycles. The molecule has 36 heavy (non-hydrogen) atoms. The van der Waals surface area contributed by atoms with Crippen LogP contribution >= 0.6 is 0 Å². The van der Waals surface area contributed by atoms with E-state index in [0.29, 0.717) is 19.6 Å². The Morgan fingerprint density at radius 2 is 1.78 bits per heavy atom. The summed E-state index contributed by atoms with van der Waals surface area (Å²) in [6, 6.07) is -0.380. The molecule has 1 N–H and O–H groups in total. The molecule has 3 heterocycles. The summed E-state index contributed by atoms with van der Waals surface area (Å²) in [5.41, 5.74) is -0.759. The Hall–Kier alpha value is -2.40. The molecule has 0 aromatic carbocycles. The third-order valence-corrected chi connectivity index (χ3v) is 6.87. The molecule has 3 rings (SSSR count). The monoisotopic (exact) mass is 504 g/mol. The molecule has 2 aliphatic rings. The SMILES string of the molecule is C[C@@H](NC(=O)OC(C)(C)C)C(=O)N1CCCC[C@@H]1CCOc1ncc(B2OC(C)(C)C(C)(C)O2)cn1. The highest BCUT2D eigenvalue weighted by atomic mass is 16.7. The summed E-state index contributed by atoms with van der Waals surface area (Å²) < 4.78 is 23.1. The lowest BCUT2D eigenvalue weighted by molar-refractivity contribution is -0.137. The molecule has 0 unspecified atom stereocenters. The Bertz CT molecular complexity index is 902. The van der Waals surface area contributed by atoms with Gasteiger partial charge in [0.1, 0.15) is 11.6 Å². The van der Waals surface area contributed by atoms with Crippen molar-refractivity contribution in [3.05, 3.63) is 12.4 Å². The Kier molecular flexibility index (Phi) is 8.55. The first kappa shape index (κ1) is 28.2. The zero-order valence-corrected chi connectivity index (χ0v) is 22.9. The largest absolute Gasteiger partial charge is 0.498 e. The molecule has 2 atom stereocenters. The summed E-state index contributed by atoms with van der Waals surface area (Å²) in [6.07, 6.45) is 6.23. The van der Waals surface area contributed by atoms with Crippen LogP contribution in [0.15, 0.2) is 12.4 Å². The van der Waals surface area contributed by atoms with Crippen molar-refractivity contribution >= 4 is 24.6 Å². The van der Waals surface area contributed by atoms with Crippen LogP contribution in [0.4, 0.5) is 4.79 Å². The fourth-order valence-electron chi connectivity index (χ4n) is 4.17. The fourth-order valence-corrected chi connectivity index (χ4v) is 4.17. The van der Waals surface area contributed by atoms with Crippen molar-refractivity contribution in [2.45, 2.75) is 110 Å². The predicted octanol–water partition coefficient (Wildman–Crippen LogP) is 2.84. The van der Waals surface area contributed by atoms with Crippen molar-refractivity contribution in [3.8, 4) is 6.01 Å². The maximum absolute atomic E-state index is 13.1. The Labute approximate surface area is 215 Å². The van der Waals surface area contributed by atoms with Gasteiger partial charge in [-0.3, -0.25) is 4.79 Å². The van der Waals surface area contributed by atoms with Crippen LogP contribution in [0.25, 0.3) is 0 Å². The Morgan fingerprint density at radius 1 is 1.17 bits per heavy atom. The molecule has 0 radical (unpaired) electrons. The number of amides is 2. The van der Waals surface area contributed by atoms with E-state index in [1.165, 1.54) is 0 Å². The van der Waals surface area contributed by atoms with Gasteiger partial charge < -0.3 is 29.0 Å². The maximum Gasteiger partial charge on any atom is 0.498 e. The highest BCUT2D eigenvalue weighted by Crippen LogP contribution is 2.36. The average Bonchev–Trinajstić information content (AvgIpc) is 2.99. The minimum Gasteiger partial charge on any atom is -0.463 e. The van der Waals surface area contributed by atoms with E-state index < -0.39 is 36.1 Å². The van der Waals surface area contributed by atoms with Gasteiger partial charge in [-0.05, 0) is 74.7 Å². The molecule has 1 aromatic rings. The number of ether oxygens (including phenoxy) is 2. The molecule has 0 saturated carbocycles. The molecule has 200 valence electrons. The molecule has 2 fully saturated rings. The van der Waals surface area contributed by atoms with Crippen LogP contribution in [-0.2, 0) is 18.8 Å². The van der Waals surface area contributed by atoms with Crippen LogP contribution in [0, 0.1) is 0 Å². The van der Waals surface area contributed by atoms with E-state index in [4.69, 9.17) is 18.8 Å². The number of carbonyl (C=O) groups excluding carboxylic acids is 2. The van der Waals surface area contributed by atoms with Crippen molar-refractivity contribution in [1.82, 2.24) is 20.2 Å². The average molecular weight is 504 g/mol. The summed E-state index contributed by atoms with van der Waals surface area (Å²) in [6.45, 7) is 16.1. The van der Waals surface area contributed by atoms with Gasteiger partial charge in [0, 0.05) is 36.9 Å². The lowest BCUT2D eigenvalue weighted by Gasteiger charge is -2.37. The van der Waals surface area contributed by atoms with Crippen LogP contribution in [0.3, 0.4) is 0 Å². The highest BCUT2D eigenvalue weighted by Gasteiger charge is 2.52. The van der Waals surface area contributed by atoms with Gasteiger partial charge in [0.2, 0.25) is 5.91 Å². The molecule has 11 heteroatoms. The van der Waals surface area contributed by atoms with Gasteiger partial charge in [0.15, 0.2) is 0 Å². The topological polar surface area (TPSA) is 112 Å². The number of carbonyl (C=O) groups is 2. The van der Waals surface area contributed by atoms with E-state index in [1.807, 2.05) is 32.6 Å². The van der Waals surface area contributed by atoms with Crippen LogP contribution in [0.5, 0.6) is 6.01 Å². The molecular weight excluding hydrogens is 463 g/mol. The quantitative estimate of drug-likeness (QED) is 0.565. The lowest BCUT2D eigenvalue weighted by atomic mass is 9.81. The van der Waals surface area contributed by atoms with Crippen LogP contribution < -0.4 is 15.5 Å². The van der Waals surface area contributed by atoms with Gasteiger partial charge in [-0.2, -0.15) is 0 Å². The minimum absolute atomic E-state index is 0.0261. The number of nitrogens with one attached hydrogen (secondary N) is 1. The third-order valence-electron chi connectivity index (χ3n) is 6.87. The lowest BCUT2D eigenvalue weighted by Crippen LogP contribution is -2.53. The summed E-state index contributed by atoms with van der Waals surface area (Å²) >= 11 is 0. The van der Waals surface area contributed by atoms with E-state index in [0.717, 1.165) is 24.7 Å². The third kappa shape index (κ3) is 7.09. The van der Waals surface area contributed by atoms with E-state index in [1.54, 1.807) is 40.1 Å². The van der Waals surface area contributed by atoms with E-state index in [2.05, 4.69) is 15.3 Å². The van der Waals surface area contributed by atoms with Crippen molar-refractivity contribution in [1.29, 1.82) is 0 Å². The van der Waals surface area contributed by atoms with Crippen LogP contribution in [0.1, 0.15) is 81.1 Å². The number of hydrogen-bond donors (Lipinski definition) is 1. The standard InChI is InChI=1S/C25H41BN4O6/c1-17(29-22(32)34-23(2,3)4)20(31)30-13-10-9-11-19(30)12-14-33-21-27-15-18(16-28-21)26-35-24(5,6)25(7,8)36-26/h15-17,19H,9-14H2,1-8H3,(H,29,32)/t17-,19-/m1/s1. The van der Waals surface area contributed by atoms with Gasteiger partial charge in [-0.25, -0.2) is 14.8 Å². The second-order valence-corrected chi connectivity index (χ2v) is 11.6. The first-order valence-corrected chi connectivity index (χ1v) is 12.8. The Balaban J connectivity index is 1.50. The number of rotatable bonds is 7. The number of hydrogen-bond acceptors (Lipinski definition) is 8. The number of likely N-dealkylation sites (tertiary alicyclic amines) is 1. The molecule has 2 aliphatic heterocycles. The molecule has 2 saturated heterocycles. The van der Waals surface area contributed by atoms with Gasteiger partial charge in [-0.15, -0.1) is 0 Å². The minimum atomic E-state index is -0.674. The summed E-state index contributed by atoms with van der Waals surface area (Å²) in [7, 11) is -0.526. The van der Waals surface area contributed by atoms with Crippen molar-refractivity contribution < 1.29 is 28.4 Å². The summed E-state index contributed by atoms with van der Waals surface area (Å²) in [5, 5.41) is 2.65. The molecule has 0 aliphatic carbocycles. The van der Waals surface area contributed by atoms with Gasteiger partial charge in [-0.1, -0.05) is 0 Å². The van der Waals surface area contributed by atoms with E-state index in [-0.39, 0.29) is 18.0 Å². The summed E-state index contributed by atoms with van der Waals surface area (Å²) in [4.78, 5) is 35.6. The number of piperidine rings is 1. The van der Waals surface area contributed by atoms with E-state index in [9.17, 15) is 9.59 Å². The number of alkyl carbamates (subject to hydrolysis) is 1. The second kappa shape index (κ2) is 10.9. The van der Waals surface area contributed by atoms with Crippen molar-refractivity contribution in [2.24, 2.45) is 0 Å². The summed E-state index contributed by atoms with van der Waals surface area (Å²) in [5.74, 6) is -0.117. The zero-order chi connectivity index (χ0) is 26.7. The number of aromatic nitrogens is 2. The fraction of sp³-hybridized carbons (Fsp3) is 0.760. The van der Waals surface area contributed by atoms with Gasteiger partial charge in [0.05, 0.1) is 17.8 Å². The molecular formula is C25H41BN4O6. The van der Waals surface area contributed by atoms with Crippen LogP contribution in [0.2, 0.25) is 0 Å². The second-order valence-electron chi connectivity index (χ2n) is 11.6. The highest BCUT2D eigenvalue weighted by molar-refractivity contribution is 6.61. The first-order chi connectivity index (χ1) is 16.7. The molecule has 0 spiro atoms. The van der Waals surface area contributed by atoms with Crippen molar-refractivity contribution in [2.75, 3.05) is 13.2 Å². The normalized spacial score (nSPS) is 22.2. The van der Waals surface area contributed by atoms with Gasteiger partial charge in [0.25, 0.3) is 0 Å². The van der Waals surface area contributed by atoms with Gasteiger partial charge >= 0.3 is 19.2 Å². The first-order valence-electron chi connectivity index (χ1n) is 12.8. The molecule has 10 nitrogen and oxygen atoms in total. The zero-order valence-electron chi connectivity index (χ0n) is 22.9. The van der Waals surface area contributed by atoms with Crippen molar-refractivity contribution in [3.63, 3.8) is 0 Å². The van der Waals surface area contributed by atoms with Crippen LogP contribution in [-0.4, -0.2) is 76.0 Å².